The number of anilines is 1. The molecule has 1 heterocycles. The van der Waals surface area contributed by atoms with E-state index in [9.17, 15) is 14.9 Å². The number of methoxy groups -OCH3 is 1. The average molecular weight is 313 g/mol. The van der Waals surface area contributed by atoms with Crippen molar-refractivity contribution in [2.24, 2.45) is 0 Å². The van der Waals surface area contributed by atoms with Gasteiger partial charge in [-0.3, -0.25) is 14.9 Å². The Morgan fingerprint density at radius 2 is 2.26 bits per heavy atom. The molecule has 1 N–H and O–H groups in total. The van der Waals surface area contributed by atoms with Gasteiger partial charge in [0, 0.05) is 6.08 Å². The van der Waals surface area contributed by atoms with Crippen LogP contribution < -0.4 is 10.1 Å². The second-order valence-electron chi connectivity index (χ2n) is 4.28. The molecule has 0 saturated heterocycles. The van der Waals surface area contributed by atoms with E-state index in [-0.39, 0.29) is 22.7 Å². The first-order valence-electron chi connectivity index (χ1n) is 6.34. The first-order chi connectivity index (χ1) is 11.0. The van der Waals surface area contributed by atoms with E-state index < -0.39 is 10.8 Å². The number of hydrogen-bond acceptors (Lipinski definition) is 6. The van der Waals surface area contributed by atoms with Gasteiger partial charge in [0.05, 0.1) is 24.4 Å². The molecule has 0 aliphatic rings. The fraction of sp³-hybridized carbons (Fsp3) is 0.0667. The number of nitriles is 1. The second kappa shape index (κ2) is 6.91. The number of furan rings is 1. The van der Waals surface area contributed by atoms with Crippen molar-refractivity contribution in [1.29, 1.82) is 5.26 Å². The van der Waals surface area contributed by atoms with Gasteiger partial charge in [0.2, 0.25) is 0 Å². The van der Waals surface area contributed by atoms with Crippen molar-refractivity contribution in [3.63, 3.8) is 0 Å². The Morgan fingerprint density at radius 1 is 1.48 bits per heavy atom. The molecule has 0 saturated carbocycles. The van der Waals surface area contributed by atoms with Crippen LogP contribution in [0.2, 0.25) is 0 Å². The lowest BCUT2D eigenvalue weighted by Gasteiger charge is -2.06. The maximum Gasteiger partial charge on any atom is 0.296 e. The summed E-state index contributed by atoms with van der Waals surface area (Å²) in [6, 6.07) is 8.87. The zero-order valence-corrected chi connectivity index (χ0v) is 12.0. The molecule has 0 unspecified atom stereocenters. The SMILES string of the molecule is COc1ccc(NC(=O)/C(C#N)=C/c2ccco2)c([N+](=O)[O-])c1. The van der Waals surface area contributed by atoms with Crippen molar-refractivity contribution in [2.45, 2.75) is 0 Å². The highest BCUT2D eigenvalue weighted by Gasteiger charge is 2.19. The van der Waals surface area contributed by atoms with Gasteiger partial charge in [-0.25, -0.2) is 0 Å². The highest BCUT2D eigenvalue weighted by Crippen LogP contribution is 2.29. The van der Waals surface area contributed by atoms with Crippen LogP contribution in [0.3, 0.4) is 0 Å². The molecule has 116 valence electrons. The van der Waals surface area contributed by atoms with Crippen LogP contribution in [0.5, 0.6) is 5.75 Å². The van der Waals surface area contributed by atoms with Crippen LogP contribution in [-0.2, 0) is 4.79 Å². The normalized spacial score (nSPS) is 10.7. The van der Waals surface area contributed by atoms with Crippen LogP contribution >= 0.6 is 0 Å². The fourth-order valence-electron chi connectivity index (χ4n) is 1.75. The molecule has 2 rings (SSSR count). The molecule has 23 heavy (non-hydrogen) atoms. The molecule has 0 atom stereocenters. The number of nitro groups is 1. The maximum atomic E-state index is 12.1. The van der Waals surface area contributed by atoms with Gasteiger partial charge in [-0.2, -0.15) is 5.26 Å². The quantitative estimate of drug-likeness (QED) is 0.392. The first-order valence-corrected chi connectivity index (χ1v) is 6.34. The summed E-state index contributed by atoms with van der Waals surface area (Å²) < 4.78 is 9.94. The van der Waals surface area contributed by atoms with Crippen LogP contribution in [0.25, 0.3) is 6.08 Å². The minimum Gasteiger partial charge on any atom is -0.496 e. The molecule has 0 fully saturated rings. The molecule has 0 aliphatic carbocycles. The monoisotopic (exact) mass is 313 g/mol. The summed E-state index contributed by atoms with van der Waals surface area (Å²) in [4.78, 5) is 22.5. The number of nitrogens with zero attached hydrogens (tertiary/aromatic N) is 2. The number of carbonyl (C=O) groups is 1. The molecule has 0 aliphatic heterocycles. The standard InChI is InChI=1S/C15H11N3O5/c1-22-11-4-5-13(14(8-11)18(20)21)17-15(19)10(9-16)7-12-3-2-6-23-12/h2-8H,1H3,(H,17,19)/b10-7+. The van der Waals surface area contributed by atoms with Gasteiger partial charge < -0.3 is 14.5 Å². The molecular formula is C15H11N3O5. The Morgan fingerprint density at radius 3 is 2.83 bits per heavy atom. The third kappa shape index (κ3) is 3.74. The largest absolute Gasteiger partial charge is 0.496 e. The number of hydrogen-bond donors (Lipinski definition) is 1. The molecule has 2 aromatic rings. The summed E-state index contributed by atoms with van der Waals surface area (Å²) in [5.41, 5.74) is -0.626. The molecule has 1 aromatic carbocycles. The Labute approximate surface area is 130 Å². The van der Waals surface area contributed by atoms with E-state index in [2.05, 4.69) is 5.32 Å². The number of ether oxygens (including phenoxy) is 1. The number of benzene rings is 1. The van der Waals surface area contributed by atoms with Crippen molar-refractivity contribution in [3.8, 4) is 11.8 Å². The average Bonchev–Trinajstić information content (AvgIpc) is 3.05. The zero-order chi connectivity index (χ0) is 16.8. The zero-order valence-electron chi connectivity index (χ0n) is 12.0. The van der Waals surface area contributed by atoms with E-state index in [1.807, 2.05) is 0 Å². The smallest absolute Gasteiger partial charge is 0.296 e. The molecule has 0 radical (unpaired) electrons. The second-order valence-corrected chi connectivity index (χ2v) is 4.28. The lowest BCUT2D eigenvalue weighted by Crippen LogP contribution is -2.14. The minimum absolute atomic E-state index is 0.0404. The number of nitro benzene ring substituents is 1. The van der Waals surface area contributed by atoms with Gasteiger partial charge in [0.1, 0.15) is 28.8 Å². The summed E-state index contributed by atoms with van der Waals surface area (Å²) in [5, 5.41) is 22.5. The molecule has 1 amide bonds. The van der Waals surface area contributed by atoms with Gasteiger partial charge in [-0.1, -0.05) is 0 Å². The van der Waals surface area contributed by atoms with Crippen LogP contribution in [0.1, 0.15) is 5.76 Å². The number of amides is 1. The van der Waals surface area contributed by atoms with Gasteiger partial charge in [0.25, 0.3) is 11.6 Å². The Balaban J connectivity index is 2.29. The van der Waals surface area contributed by atoms with Crippen molar-refractivity contribution in [2.75, 3.05) is 12.4 Å². The van der Waals surface area contributed by atoms with Crippen LogP contribution in [-0.4, -0.2) is 17.9 Å². The van der Waals surface area contributed by atoms with Crippen LogP contribution in [0.4, 0.5) is 11.4 Å². The maximum absolute atomic E-state index is 12.1. The van der Waals surface area contributed by atoms with Gasteiger partial charge in [0.15, 0.2) is 0 Å². The van der Waals surface area contributed by atoms with E-state index in [4.69, 9.17) is 14.4 Å². The molecular weight excluding hydrogens is 302 g/mol. The summed E-state index contributed by atoms with van der Waals surface area (Å²) in [7, 11) is 1.37. The summed E-state index contributed by atoms with van der Waals surface area (Å²) in [5.74, 6) is -0.181. The Bertz CT molecular complexity index is 803. The predicted molar refractivity (Wildman–Crippen MR) is 80.6 cm³/mol. The summed E-state index contributed by atoms with van der Waals surface area (Å²) in [6.07, 6.45) is 2.64. The third-order valence-corrected chi connectivity index (χ3v) is 2.84. The highest BCUT2D eigenvalue weighted by molar-refractivity contribution is 6.10. The predicted octanol–water partition coefficient (Wildman–Crippen LogP) is 2.74. The molecule has 0 bridgehead atoms. The Hall–Kier alpha value is -3.60. The first kappa shape index (κ1) is 15.8. The molecule has 8 nitrogen and oxygen atoms in total. The van der Waals surface area contributed by atoms with E-state index >= 15 is 0 Å². The highest BCUT2D eigenvalue weighted by atomic mass is 16.6. The van der Waals surface area contributed by atoms with Crippen molar-refractivity contribution in [1.82, 2.24) is 0 Å². The fourth-order valence-corrected chi connectivity index (χ4v) is 1.75. The van der Waals surface area contributed by atoms with E-state index in [0.717, 1.165) is 0 Å². The molecule has 8 heteroatoms. The van der Waals surface area contributed by atoms with Crippen molar-refractivity contribution < 1.29 is 18.9 Å². The summed E-state index contributed by atoms with van der Waals surface area (Å²) >= 11 is 0. The number of carbonyl (C=O) groups excluding carboxylic acids is 1. The van der Waals surface area contributed by atoms with Crippen LogP contribution in [0.15, 0.2) is 46.6 Å². The summed E-state index contributed by atoms with van der Waals surface area (Å²) in [6.45, 7) is 0. The van der Waals surface area contributed by atoms with E-state index in [0.29, 0.717) is 5.76 Å². The number of nitrogens with one attached hydrogen (secondary N) is 1. The van der Waals surface area contributed by atoms with E-state index in [1.165, 1.54) is 37.6 Å². The lowest BCUT2D eigenvalue weighted by atomic mass is 10.2. The molecule has 0 spiro atoms. The topological polar surface area (TPSA) is 118 Å². The van der Waals surface area contributed by atoms with Crippen molar-refractivity contribution in [3.05, 3.63) is 58.0 Å². The van der Waals surface area contributed by atoms with Gasteiger partial charge in [-0.15, -0.1) is 0 Å². The third-order valence-electron chi connectivity index (χ3n) is 2.84. The number of rotatable bonds is 5. The van der Waals surface area contributed by atoms with Crippen LogP contribution in [0, 0.1) is 21.4 Å². The van der Waals surface area contributed by atoms with Gasteiger partial charge in [-0.05, 0) is 24.3 Å². The van der Waals surface area contributed by atoms with E-state index in [1.54, 1.807) is 18.2 Å². The molecule has 1 aromatic heterocycles. The Kier molecular flexibility index (Phi) is 4.74. The van der Waals surface area contributed by atoms with Gasteiger partial charge >= 0.3 is 0 Å². The lowest BCUT2D eigenvalue weighted by molar-refractivity contribution is -0.384. The van der Waals surface area contributed by atoms with Crippen molar-refractivity contribution >= 4 is 23.4 Å². The minimum atomic E-state index is -0.780.